The van der Waals surface area contributed by atoms with E-state index in [1.807, 2.05) is 24.9 Å². The van der Waals surface area contributed by atoms with Crippen molar-refractivity contribution in [2.45, 2.75) is 17.1 Å². The molecule has 1 aromatic rings. The van der Waals surface area contributed by atoms with Crippen LogP contribution in [0.5, 0.6) is 0 Å². The van der Waals surface area contributed by atoms with Gasteiger partial charge in [-0.2, -0.15) is 0 Å². The lowest BCUT2D eigenvalue weighted by Crippen LogP contribution is -2.37. The monoisotopic (exact) mass is 240 g/mol. The van der Waals surface area contributed by atoms with Crippen LogP contribution in [-0.2, 0) is 0 Å². The highest BCUT2D eigenvalue weighted by atomic mass is 32.2. The molecule has 1 N–H and O–H groups in total. The number of hydrogen-bond acceptors (Lipinski definition) is 3. The van der Waals surface area contributed by atoms with Gasteiger partial charge < -0.3 is 10.2 Å². The van der Waals surface area contributed by atoms with Gasteiger partial charge in [0.15, 0.2) is 0 Å². The number of anilines is 1. The molecule has 4 heteroatoms. The zero-order chi connectivity index (χ0) is 11.5. The van der Waals surface area contributed by atoms with Gasteiger partial charge in [-0.3, -0.25) is 0 Å². The zero-order valence-corrected chi connectivity index (χ0v) is 10.5. The Hall–Kier alpha value is -0.740. The molecular formula is C12H17FN2S. The van der Waals surface area contributed by atoms with Gasteiger partial charge in [0.25, 0.3) is 0 Å². The summed E-state index contributed by atoms with van der Waals surface area (Å²) in [4.78, 5) is 3.45. The number of fused-ring (bicyclic) bond motifs is 1. The van der Waals surface area contributed by atoms with Crippen molar-refractivity contribution in [2.75, 3.05) is 31.6 Å². The van der Waals surface area contributed by atoms with Crippen molar-refractivity contribution in [3.8, 4) is 0 Å². The number of hydrogen-bond donors (Lipinski definition) is 1. The third-order valence-corrected chi connectivity index (χ3v) is 3.85. The van der Waals surface area contributed by atoms with Crippen LogP contribution in [0.3, 0.4) is 0 Å². The predicted molar refractivity (Wildman–Crippen MR) is 67.9 cm³/mol. The molecule has 2 nitrogen and oxygen atoms in total. The highest BCUT2D eigenvalue weighted by Crippen LogP contribution is 2.38. The molecule has 0 aliphatic carbocycles. The van der Waals surface area contributed by atoms with Crippen LogP contribution in [0.15, 0.2) is 23.1 Å². The molecule has 1 aliphatic heterocycles. The number of nitrogens with zero attached hydrogens (tertiary/aromatic N) is 1. The van der Waals surface area contributed by atoms with Crippen LogP contribution in [0.4, 0.5) is 10.1 Å². The van der Waals surface area contributed by atoms with Crippen LogP contribution in [0.2, 0.25) is 0 Å². The summed E-state index contributed by atoms with van der Waals surface area (Å²) in [5.74, 6) is -0.150. The smallest absolute Gasteiger partial charge is 0.125 e. The highest BCUT2D eigenvalue weighted by Gasteiger charge is 2.22. The summed E-state index contributed by atoms with van der Waals surface area (Å²) < 4.78 is 13.2. The van der Waals surface area contributed by atoms with Gasteiger partial charge in [-0.15, -0.1) is 11.8 Å². The quantitative estimate of drug-likeness (QED) is 0.873. The fraction of sp³-hybridized carbons (Fsp3) is 0.500. The van der Waals surface area contributed by atoms with Crippen molar-refractivity contribution in [1.82, 2.24) is 5.32 Å². The molecule has 88 valence electrons. The number of nitrogens with one attached hydrogen (secondary N) is 1. The van der Waals surface area contributed by atoms with E-state index in [2.05, 4.69) is 17.1 Å². The van der Waals surface area contributed by atoms with Crippen molar-refractivity contribution in [1.29, 1.82) is 0 Å². The Morgan fingerprint density at radius 2 is 2.38 bits per heavy atom. The van der Waals surface area contributed by atoms with Crippen molar-refractivity contribution in [3.05, 3.63) is 24.0 Å². The van der Waals surface area contributed by atoms with Crippen molar-refractivity contribution >= 4 is 17.4 Å². The number of benzene rings is 1. The van der Waals surface area contributed by atoms with E-state index in [4.69, 9.17) is 0 Å². The molecule has 0 bridgehead atoms. The maximum absolute atomic E-state index is 13.2. The SMILES string of the molecule is CNCCN1CC(C)Sc2ccc(F)cc21. The fourth-order valence-electron chi connectivity index (χ4n) is 1.96. The molecule has 1 unspecified atom stereocenters. The molecular weight excluding hydrogens is 223 g/mol. The lowest BCUT2D eigenvalue weighted by Gasteiger charge is -2.34. The van der Waals surface area contributed by atoms with E-state index in [-0.39, 0.29) is 5.82 Å². The first-order valence-corrected chi connectivity index (χ1v) is 6.44. The third kappa shape index (κ3) is 2.50. The summed E-state index contributed by atoms with van der Waals surface area (Å²) >= 11 is 1.83. The second-order valence-electron chi connectivity index (χ2n) is 4.09. The average Bonchev–Trinajstić information content (AvgIpc) is 2.26. The molecule has 2 rings (SSSR count). The number of likely N-dealkylation sites (N-methyl/N-ethyl adjacent to an activating group) is 1. The van der Waals surface area contributed by atoms with Crippen LogP contribution in [0.25, 0.3) is 0 Å². The molecule has 0 saturated carbocycles. The van der Waals surface area contributed by atoms with Crippen LogP contribution >= 0.6 is 11.8 Å². The molecule has 1 aromatic carbocycles. The van der Waals surface area contributed by atoms with Crippen LogP contribution in [-0.4, -0.2) is 31.9 Å². The highest BCUT2D eigenvalue weighted by molar-refractivity contribution is 8.00. The normalized spacial score (nSPS) is 19.7. The maximum Gasteiger partial charge on any atom is 0.125 e. The number of halogens is 1. The first kappa shape index (κ1) is 11.7. The Balaban J connectivity index is 2.24. The van der Waals surface area contributed by atoms with Gasteiger partial charge in [0.05, 0.1) is 5.69 Å². The van der Waals surface area contributed by atoms with Gasteiger partial charge >= 0.3 is 0 Å². The molecule has 1 heterocycles. The van der Waals surface area contributed by atoms with E-state index in [1.54, 1.807) is 12.1 Å². The van der Waals surface area contributed by atoms with Gasteiger partial charge in [0, 0.05) is 29.8 Å². The molecule has 0 aromatic heterocycles. The molecule has 0 radical (unpaired) electrons. The molecule has 1 atom stereocenters. The number of rotatable bonds is 3. The molecule has 0 saturated heterocycles. The van der Waals surface area contributed by atoms with Crippen LogP contribution in [0.1, 0.15) is 6.92 Å². The van der Waals surface area contributed by atoms with E-state index in [1.165, 1.54) is 4.90 Å². The van der Waals surface area contributed by atoms with Crippen molar-refractivity contribution in [3.63, 3.8) is 0 Å². The average molecular weight is 240 g/mol. The predicted octanol–water partition coefficient (Wildman–Crippen LogP) is 2.35. The summed E-state index contributed by atoms with van der Waals surface area (Å²) in [6.45, 7) is 5.05. The summed E-state index contributed by atoms with van der Waals surface area (Å²) in [5.41, 5.74) is 1.04. The Kier molecular flexibility index (Phi) is 3.71. The summed E-state index contributed by atoms with van der Waals surface area (Å²) in [6.07, 6.45) is 0. The zero-order valence-electron chi connectivity index (χ0n) is 9.66. The molecule has 1 aliphatic rings. The van der Waals surface area contributed by atoms with E-state index in [0.717, 1.165) is 25.3 Å². The Morgan fingerprint density at radius 1 is 1.56 bits per heavy atom. The molecule has 0 fully saturated rings. The minimum Gasteiger partial charge on any atom is -0.368 e. The van der Waals surface area contributed by atoms with Crippen molar-refractivity contribution in [2.24, 2.45) is 0 Å². The van der Waals surface area contributed by atoms with Gasteiger partial charge in [0.1, 0.15) is 5.82 Å². The van der Waals surface area contributed by atoms with E-state index in [0.29, 0.717) is 5.25 Å². The Labute approximate surface area is 100 Å². The van der Waals surface area contributed by atoms with Crippen molar-refractivity contribution < 1.29 is 4.39 Å². The minimum atomic E-state index is -0.150. The summed E-state index contributed by atoms with van der Waals surface area (Å²) in [6, 6.07) is 5.07. The van der Waals surface area contributed by atoms with Gasteiger partial charge in [-0.05, 0) is 25.2 Å². The molecule has 16 heavy (non-hydrogen) atoms. The van der Waals surface area contributed by atoms with E-state index >= 15 is 0 Å². The lowest BCUT2D eigenvalue weighted by molar-refractivity contribution is 0.622. The lowest BCUT2D eigenvalue weighted by atomic mass is 10.2. The summed E-state index contributed by atoms with van der Waals surface area (Å²) in [7, 11) is 1.94. The second-order valence-corrected chi connectivity index (χ2v) is 5.57. The van der Waals surface area contributed by atoms with Gasteiger partial charge in [-0.1, -0.05) is 6.92 Å². The van der Waals surface area contributed by atoms with Gasteiger partial charge in [-0.25, -0.2) is 4.39 Å². The Bertz CT molecular complexity index is 370. The largest absolute Gasteiger partial charge is 0.368 e. The van der Waals surface area contributed by atoms with Crippen LogP contribution < -0.4 is 10.2 Å². The Morgan fingerprint density at radius 3 is 3.12 bits per heavy atom. The van der Waals surface area contributed by atoms with Gasteiger partial charge in [0.2, 0.25) is 0 Å². The standard InChI is InChI=1S/C12H17FN2S/c1-9-8-15(6-5-14-2)11-7-10(13)3-4-12(11)16-9/h3-4,7,9,14H,5-6,8H2,1-2H3. The van der Waals surface area contributed by atoms with Crippen LogP contribution in [0, 0.1) is 5.82 Å². The fourth-order valence-corrected chi connectivity index (χ4v) is 3.10. The second kappa shape index (κ2) is 5.06. The first-order chi connectivity index (χ1) is 7.70. The molecule has 0 spiro atoms. The minimum absolute atomic E-state index is 0.150. The summed E-state index contributed by atoms with van der Waals surface area (Å²) in [5, 5.41) is 3.70. The van der Waals surface area contributed by atoms with E-state index in [9.17, 15) is 4.39 Å². The maximum atomic E-state index is 13.2. The molecule has 0 amide bonds. The third-order valence-electron chi connectivity index (χ3n) is 2.70. The number of thioether (sulfide) groups is 1. The first-order valence-electron chi connectivity index (χ1n) is 5.56. The van der Waals surface area contributed by atoms with E-state index < -0.39 is 0 Å². The topological polar surface area (TPSA) is 15.3 Å².